The fourth-order valence-electron chi connectivity index (χ4n) is 3.52. The Morgan fingerprint density at radius 1 is 1.13 bits per heavy atom. The van der Waals surface area contributed by atoms with Crippen molar-refractivity contribution in [1.82, 2.24) is 10.2 Å². The second-order valence-electron chi connectivity index (χ2n) is 7.29. The highest BCUT2D eigenvalue weighted by molar-refractivity contribution is 8.00. The number of likely N-dealkylation sites (tertiary alicyclic amines) is 1. The zero-order chi connectivity index (χ0) is 21.7. The summed E-state index contributed by atoms with van der Waals surface area (Å²) in [7, 11) is 1.67. The molecule has 0 spiro atoms. The predicted octanol–water partition coefficient (Wildman–Crippen LogP) is 2.89. The summed E-state index contributed by atoms with van der Waals surface area (Å²) in [5.41, 5.74) is 2.53. The van der Waals surface area contributed by atoms with Gasteiger partial charge in [-0.15, -0.1) is 11.8 Å². The molecule has 0 saturated carbocycles. The molecule has 2 aromatic carbocycles. The Hall–Kier alpha value is -2.87. The van der Waals surface area contributed by atoms with E-state index in [9.17, 15) is 18.8 Å². The fraction of sp³-hybridized carbons (Fsp3) is 0.318. The normalized spacial score (nSPS) is 18.4. The van der Waals surface area contributed by atoms with Gasteiger partial charge in [0.15, 0.2) is 0 Å². The summed E-state index contributed by atoms with van der Waals surface area (Å²) in [4.78, 5) is 38.2. The van der Waals surface area contributed by atoms with Gasteiger partial charge in [-0.1, -0.05) is 24.3 Å². The molecule has 30 heavy (non-hydrogen) atoms. The molecule has 3 amide bonds. The van der Waals surface area contributed by atoms with E-state index in [0.29, 0.717) is 0 Å². The minimum absolute atomic E-state index is 0.0835. The number of hydrogen-bond acceptors (Lipinski definition) is 4. The molecule has 6 nitrogen and oxygen atoms in total. The molecule has 0 bridgehead atoms. The van der Waals surface area contributed by atoms with Gasteiger partial charge in [-0.2, -0.15) is 0 Å². The van der Waals surface area contributed by atoms with Crippen molar-refractivity contribution < 1.29 is 18.8 Å². The highest BCUT2D eigenvalue weighted by Crippen LogP contribution is 2.32. The summed E-state index contributed by atoms with van der Waals surface area (Å²) in [5.74, 6) is -0.619. The van der Waals surface area contributed by atoms with Crippen molar-refractivity contribution in [3.8, 4) is 0 Å². The van der Waals surface area contributed by atoms with E-state index in [-0.39, 0.29) is 47.5 Å². The van der Waals surface area contributed by atoms with Crippen LogP contribution in [0.15, 0.2) is 48.5 Å². The van der Waals surface area contributed by atoms with E-state index >= 15 is 0 Å². The number of benzene rings is 2. The van der Waals surface area contributed by atoms with Crippen LogP contribution < -0.4 is 10.6 Å². The largest absolute Gasteiger partial charge is 0.350 e. The number of rotatable bonds is 7. The molecule has 158 valence electrons. The summed E-state index contributed by atoms with van der Waals surface area (Å²) < 4.78 is 13.2. The van der Waals surface area contributed by atoms with E-state index < -0.39 is 6.04 Å². The average molecular weight is 430 g/mol. The lowest BCUT2D eigenvalue weighted by atomic mass is 10.00. The molecule has 0 aromatic heterocycles. The second-order valence-corrected chi connectivity index (χ2v) is 8.28. The minimum atomic E-state index is -0.401. The van der Waals surface area contributed by atoms with Gasteiger partial charge in [-0.3, -0.25) is 14.4 Å². The zero-order valence-electron chi connectivity index (χ0n) is 16.9. The van der Waals surface area contributed by atoms with Crippen molar-refractivity contribution in [1.29, 1.82) is 0 Å². The number of likely N-dealkylation sites (N-methyl/N-ethyl adjacent to an activating group) is 1. The van der Waals surface area contributed by atoms with E-state index in [1.54, 1.807) is 24.1 Å². The third kappa shape index (κ3) is 5.60. The van der Waals surface area contributed by atoms with E-state index in [1.807, 2.05) is 31.2 Å². The number of hydrogen-bond donors (Lipinski definition) is 2. The van der Waals surface area contributed by atoms with Crippen molar-refractivity contribution in [2.24, 2.45) is 0 Å². The molecule has 0 aliphatic carbocycles. The maximum absolute atomic E-state index is 13.2. The molecular weight excluding hydrogens is 405 g/mol. The molecule has 1 saturated heterocycles. The van der Waals surface area contributed by atoms with Crippen LogP contribution in [0.4, 0.5) is 10.1 Å². The minimum Gasteiger partial charge on any atom is -0.350 e. The van der Waals surface area contributed by atoms with Gasteiger partial charge in [0.05, 0.1) is 23.6 Å². The number of carbonyl (C=O) groups excluding carboxylic acids is 3. The van der Waals surface area contributed by atoms with Crippen LogP contribution in [0.1, 0.15) is 23.6 Å². The van der Waals surface area contributed by atoms with Gasteiger partial charge in [-0.05, 0) is 42.3 Å². The lowest BCUT2D eigenvalue weighted by Gasteiger charge is -2.26. The van der Waals surface area contributed by atoms with Crippen LogP contribution in [-0.2, 0) is 14.4 Å². The first kappa shape index (κ1) is 21.8. The Kier molecular flexibility index (Phi) is 7.10. The Morgan fingerprint density at radius 2 is 1.83 bits per heavy atom. The molecule has 8 heteroatoms. The Labute approximate surface area is 179 Å². The van der Waals surface area contributed by atoms with Crippen LogP contribution in [-0.4, -0.2) is 47.2 Å². The van der Waals surface area contributed by atoms with E-state index in [1.165, 1.54) is 23.9 Å². The SMILES string of the molecule is Cc1cccc(NC(=O)CSCC(=O)NC2CC(=O)N(C)C2c2ccc(F)cc2)c1. The number of anilines is 1. The number of carbonyl (C=O) groups is 3. The maximum atomic E-state index is 13.2. The van der Waals surface area contributed by atoms with Crippen LogP contribution in [0.2, 0.25) is 0 Å². The van der Waals surface area contributed by atoms with Crippen LogP contribution in [0.25, 0.3) is 0 Å². The van der Waals surface area contributed by atoms with Crippen LogP contribution in [0, 0.1) is 12.7 Å². The number of nitrogens with one attached hydrogen (secondary N) is 2. The summed E-state index contributed by atoms with van der Waals surface area (Å²) >= 11 is 1.20. The molecule has 3 rings (SSSR count). The highest BCUT2D eigenvalue weighted by atomic mass is 32.2. The van der Waals surface area contributed by atoms with Gasteiger partial charge in [0.2, 0.25) is 17.7 Å². The van der Waals surface area contributed by atoms with Gasteiger partial charge in [-0.25, -0.2) is 4.39 Å². The number of amides is 3. The van der Waals surface area contributed by atoms with E-state index in [0.717, 1.165) is 16.8 Å². The first-order valence-corrected chi connectivity index (χ1v) is 10.7. The molecule has 2 N–H and O–H groups in total. The van der Waals surface area contributed by atoms with Gasteiger partial charge in [0.1, 0.15) is 5.82 Å². The Morgan fingerprint density at radius 3 is 2.53 bits per heavy atom. The van der Waals surface area contributed by atoms with E-state index in [4.69, 9.17) is 0 Å². The second kappa shape index (κ2) is 9.75. The number of nitrogens with zero attached hydrogens (tertiary/aromatic N) is 1. The topological polar surface area (TPSA) is 78.5 Å². The van der Waals surface area contributed by atoms with E-state index in [2.05, 4.69) is 10.6 Å². The lowest BCUT2D eigenvalue weighted by Crippen LogP contribution is -2.40. The molecule has 2 atom stereocenters. The third-order valence-corrected chi connectivity index (χ3v) is 5.84. The summed E-state index contributed by atoms with van der Waals surface area (Å²) in [5, 5.41) is 5.69. The predicted molar refractivity (Wildman–Crippen MR) is 116 cm³/mol. The van der Waals surface area contributed by atoms with Crippen molar-refractivity contribution >= 4 is 35.2 Å². The van der Waals surface area contributed by atoms with Crippen LogP contribution >= 0.6 is 11.8 Å². The van der Waals surface area contributed by atoms with Crippen LogP contribution in [0.5, 0.6) is 0 Å². The molecule has 0 radical (unpaired) electrons. The molecule has 2 unspecified atom stereocenters. The Bertz CT molecular complexity index is 935. The Balaban J connectivity index is 1.50. The number of halogens is 1. The quantitative estimate of drug-likeness (QED) is 0.710. The van der Waals surface area contributed by atoms with Crippen LogP contribution in [0.3, 0.4) is 0 Å². The van der Waals surface area contributed by atoms with Crippen molar-refractivity contribution in [3.05, 3.63) is 65.5 Å². The standard InChI is InChI=1S/C22H24FN3O3S/c1-14-4-3-5-17(10-14)24-19(27)12-30-13-20(28)25-18-11-21(29)26(2)22(18)15-6-8-16(23)9-7-15/h3-10,18,22H,11-13H2,1-2H3,(H,24,27)(H,25,28). The number of aryl methyl sites for hydroxylation is 1. The zero-order valence-corrected chi connectivity index (χ0v) is 17.7. The summed E-state index contributed by atoms with van der Waals surface area (Å²) in [6.07, 6.45) is 0.183. The van der Waals surface area contributed by atoms with Gasteiger partial charge in [0, 0.05) is 19.2 Å². The smallest absolute Gasteiger partial charge is 0.234 e. The van der Waals surface area contributed by atoms with Gasteiger partial charge >= 0.3 is 0 Å². The molecule has 2 aromatic rings. The molecular formula is C22H24FN3O3S. The molecule has 1 aliphatic heterocycles. The van der Waals surface area contributed by atoms with Crippen molar-refractivity contribution in [2.75, 3.05) is 23.9 Å². The van der Waals surface area contributed by atoms with Gasteiger partial charge < -0.3 is 15.5 Å². The van der Waals surface area contributed by atoms with Crippen molar-refractivity contribution in [2.45, 2.75) is 25.4 Å². The summed E-state index contributed by atoms with van der Waals surface area (Å²) in [6.45, 7) is 1.94. The number of thioether (sulfide) groups is 1. The monoisotopic (exact) mass is 429 g/mol. The molecule has 1 aliphatic rings. The van der Waals surface area contributed by atoms with Crippen molar-refractivity contribution in [3.63, 3.8) is 0 Å². The fourth-order valence-corrected chi connectivity index (χ4v) is 4.15. The third-order valence-electron chi connectivity index (χ3n) is 4.91. The molecule has 1 heterocycles. The maximum Gasteiger partial charge on any atom is 0.234 e. The summed E-state index contributed by atoms with van der Waals surface area (Å²) in [6, 6.07) is 12.7. The lowest BCUT2D eigenvalue weighted by molar-refractivity contribution is -0.127. The molecule has 1 fully saturated rings. The first-order valence-electron chi connectivity index (χ1n) is 9.58. The van der Waals surface area contributed by atoms with Gasteiger partial charge in [0.25, 0.3) is 0 Å². The first-order chi connectivity index (χ1) is 14.3. The highest BCUT2D eigenvalue weighted by Gasteiger charge is 2.39. The average Bonchev–Trinajstić information content (AvgIpc) is 2.96.